The van der Waals surface area contributed by atoms with Crippen molar-refractivity contribution >= 4 is 11.8 Å². The molecule has 1 atom stereocenters. The van der Waals surface area contributed by atoms with Gasteiger partial charge in [-0.25, -0.2) is 4.79 Å². The first-order valence-corrected chi connectivity index (χ1v) is 10.5. The summed E-state index contributed by atoms with van der Waals surface area (Å²) in [6.07, 6.45) is 9.05. The van der Waals surface area contributed by atoms with Crippen LogP contribution in [0.1, 0.15) is 93.1 Å². The predicted molar refractivity (Wildman–Crippen MR) is 105 cm³/mol. The maximum Gasteiger partial charge on any atom is 0.334 e. The van der Waals surface area contributed by atoms with Crippen LogP contribution in [0.5, 0.6) is 5.88 Å². The Kier molecular flexibility index (Phi) is 6.56. The number of nitrogens with two attached hydrogens (primary N) is 1. The predicted octanol–water partition coefficient (Wildman–Crippen LogP) is 1.71. The van der Waals surface area contributed by atoms with Crippen molar-refractivity contribution in [2.45, 2.75) is 88.8 Å². The van der Waals surface area contributed by atoms with Crippen LogP contribution in [0, 0.1) is 0 Å². The van der Waals surface area contributed by atoms with E-state index in [9.17, 15) is 24.3 Å². The fraction of sp³-hybridized carbons (Fsp3) is 0.700. The van der Waals surface area contributed by atoms with E-state index in [1.807, 2.05) is 0 Å². The van der Waals surface area contributed by atoms with Crippen LogP contribution in [-0.2, 0) is 4.79 Å². The van der Waals surface area contributed by atoms with Gasteiger partial charge in [-0.3, -0.25) is 23.5 Å². The molecule has 160 valence electrons. The Morgan fingerprint density at radius 1 is 0.862 bits per heavy atom. The molecular formula is C20H29N3O6. The normalized spacial score (nSPS) is 20.2. The molecule has 2 aliphatic rings. The second-order valence-corrected chi connectivity index (χ2v) is 8.14. The van der Waals surface area contributed by atoms with E-state index in [4.69, 9.17) is 10.8 Å². The summed E-state index contributed by atoms with van der Waals surface area (Å²) in [7, 11) is 0. The Hall–Kier alpha value is -2.42. The molecule has 3 rings (SSSR count). The summed E-state index contributed by atoms with van der Waals surface area (Å²) < 4.78 is 2.20. The molecule has 4 N–H and O–H groups in total. The average Bonchev–Trinajstić information content (AvgIpc) is 2.97. The molecule has 0 aromatic carbocycles. The molecule has 1 aromatic rings. The van der Waals surface area contributed by atoms with Crippen LogP contribution in [0.4, 0.5) is 0 Å². The lowest BCUT2D eigenvalue weighted by Gasteiger charge is -2.28. The first kappa shape index (κ1) is 21.3. The van der Waals surface area contributed by atoms with Crippen molar-refractivity contribution in [1.29, 1.82) is 0 Å². The maximum absolute atomic E-state index is 13.3. The van der Waals surface area contributed by atoms with E-state index < -0.39 is 40.5 Å². The van der Waals surface area contributed by atoms with Gasteiger partial charge in [0.25, 0.3) is 5.56 Å². The molecule has 0 bridgehead atoms. The Balaban J connectivity index is 2.22. The molecule has 2 fully saturated rings. The molecule has 0 amide bonds. The molecule has 0 spiro atoms. The number of carboxylic acid groups (broad SMARTS) is 1. The summed E-state index contributed by atoms with van der Waals surface area (Å²) in [5, 5.41) is 19.9. The van der Waals surface area contributed by atoms with Crippen molar-refractivity contribution in [3.8, 4) is 5.88 Å². The van der Waals surface area contributed by atoms with E-state index in [0.717, 1.165) is 54.1 Å². The number of aliphatic carboxylic acids is 1. The minimum atomic E-state index is -1.98. The lowest BCUT2D eigenvalue weighted by Crippen LogP contribution is -2.49. The molecule has 2 saturated carbocycles. The topological polar surface area (TPSA) is 145 Å². The highest BCUT2D eigenvalue weighted by Crippen LogP contribution is 2.32. The van der Waals surface area contributed by atoms with Crippen molar-refractivity contribution in [3.63, 3.8) is 0 Å². The summed E-state index contributed by atoms with van der Waals surface area (Å²) >= 11 is 0. The molecule has 1 aromatic heterocycles. The molecule has 29 heavy (non-hydrogen) atoms. The zero-order valence-corrected chi connectivity index (χ0v) is 16.5. The van der Waals surface area contributed by atoms with Crippen molar-refractivity contribution in [2.24, 2.45) is 5.73 Å². The highest BCUT2D eigenvalue weighted by atomic mass is 16.4. The average molecular weight is 407 g/mol. The third-order valence-corrected chi connectivity index (χ3v) is 6.22. The highest BCUT2D eigenvalue weighted by Gasteiger charge is 2.34. The molecule has 0 radical (unpaired) electrons. The molecule has 0 aliphatic heterocycles. The van der Waals surface area contributed by atoms with Crippen molar-refractivity contribution in [2.75, 3.05) is 0 Å². The maximum atomic E-state index is 13.3. The number of hydrogen-bond donors (Lipinski definition) is 3. The van der Waals surface area contributed by atoms with Gasteiger partial charge in [0.1, 0.15) is 5.56 Å². The highest BCUT2D eigenvalue weighted by molar-refractivity contribution is 6.12. The van der Waals surface area contributed by atoms with Gasteiger partial charge in [-0.1, -0.05) is 44.9 Å². The van der Waals surface area contributed by atoms with Crippen molar-refractivity contribution < 1.29 is 19.8 Å². The quantitative estimate of drug-likeness (QED) is 0.383. The Morgan fingerprint density at radius 2 is 1.31 bits per heavy atom. The zero-order chi connectivity index (χ0) is 21.1. The zero-order valence-electron chi connectivity index (χ0n) is 16.5. The molecule has 1 heterocycles. The van der Waals surface area contributed by atoms with E-state index in [1.54, 1.807) is 0 Å². The molecule has 2 aliphatic carbocycles. The number of carbonyl (C=O) groups is 2. The van der Waals surface area contributed by atoms with Crippen LogP contribution in [0.25, 0.3) is 0 Å². The molecule has 9 nitrogen and oxygen atoms in total. The van der Waals surface area contributed by atoms with Crippen LogP contribution in [-0.4, -0.2) is 37.1 Å². The number of hydrogen-bond acceptors (Lipinski definition) is 6. The Morgan fingerprint density at radius 3 is 1.79 bits per heavy atom. The molecular weight excluding hydrogens is 378 g/mol. The lowest BCUT2D eigenvalue weighted by molar-refractivity contribution is -0.137. The lowest BCUT2D eigenvalue weighted by atomic mass is 9.95. The van der Waals surface area contributed by atoms with Crippen molar-refractivity contribution in [3.05, 3.63) is 26.4 Å². The number of aromatic hydroxyl groups is 1. The Bertz CT molecular complexity index is 889. The number of ketones is 1. The number of rotatable bonds is 5. The van der Waals surface area contributed by atoms with Crippen LogP contribution in [0.2, 0.25) is 0 Å². The number of nitrogens with zero attached hydrogens (tertiary/aromatic N) is 2. The summed E-state index contributed by atoms with van der Waals surface area (Å²) in [5.41, 5.74) is 3.21. The number of carboxylic acids is 1. The fourth-order valence-corrected chi connectivity index (χ4v) is 4.62. The fourth-order valence-electron chi connectivity index (χ4n) is 4.62. The largest absolute Gasteiger partial charge is 0.494 e. The third-order valence-electron chi connectivity index (χ3n) is 6.22. The summed E-state index contributed by atoms with van der Waals surface area (Å²) in [6, 6.07) is -2.68. The van der Waals surface area contributed by atoms with Crippen LogP contribution in [0.15, 0.2) is 9.59 Å². The van der Waals surface area contributed by atoms with Gasteiger partial charge in [0.2, 0.25) is 11.7 Å². The summed E-state index contributed by atoms with van der Waals surface area (Å²) in [4.78, 5) is 50.4. The van der Waals surface area contributed by atoms with E-state index >= 15 is 0 Å². The van der Waals surface area contributed by atoms with E-state index in [-0.39, 0.29) is 12.1 Å². The van der Waals surface area contributed by atoms with Crippen molar-refractivity contribution in [1.82, 2.24) is 9.13 Å². The van der Waals surface area contributed by atoms with E-state index in [2.05, 4.69) is 0 Å². The van der Waals surface area contributed by atoms with Crippen LogP contribution in [0.3, 0.4) is 0 Å². The van der Waals surface area contributed by atoms with Gasteiger partial charge >= 0.3 is 11.7 Å². The van der Waals surface area contributed by atoms with Gasteiger partial charge in [0.05, 0.1) is 0 Å². The molecule has 0 saturated heterocycles. The minimum Gasteiger partial charge on any atom is -0.494 e. The first-order valence-electron chi connectivity index (χ1n) is 10.5. The number of Topliss-reactive ketones (excluding diaryl/α,β-unsaturated/α-hetero) is 1. The second-order valence-electron chi connectivity index (χ2n) is 8.14. The standard InChI is InChI=1S/C20H29N3O6/c21-15(19(27)28)16(24)14-17(25)22(12-8-4-1-2-5-9-12)20(29)23(18(14)26)13-10-6-3-7-11-13/h12-13,15,26H,1-11,21H2,(H,27,28). The minimum absolute atomic E-state index is 0.332. The first-order chi connectivity index (χ1) is 13.8. The van der Waals surface area contributed by atoms with E-state index in [0.29, 0.717) is 25.7 Å². The monoisotopic (exact) mass is 407 g/mol. The van der Waals surface area contributed by atoms with Gasteiger partial charge in [0, 0.05) is 12.1 Å². The van der Waals surface area contributed by atoms with Crippen LogP contribution < -0.4 is 17.0 Å². The summed E-state index contributed by atoms with van der Waals surface area (Å²) in [6.45, 7) is 0. The van der Waals surface area contributed by atoms with Gasteiger partial charge in [-0.2, -0.15) is 0 Å². The SMILES string of the molecule is NC(C(=O)O)C(=O)c1c(O)n(C2CCCCC2)c(=O)n(C2CCCCCC2)c1=O. The van der Waals surface area contributed by atoms with Gasteiger partial charge in [-0.15, -0.1) is 0 Å². The Labute approximate surface area is 168 Å². The van der Waals surface area contributed by atoms with Crippen LogP contribution >= 0.6 is 0 Å². The smallest absolute Gasteiger partial charge is 0.334 e. The van der Waals surface area contributed by atoms with Gasteiger partial charge < -0.3 is 15.9 Å². The number of aromatic nitrogens is 2. The second kappa shape index (κ2) is 8.94. The number of carbonyl (C=O) groups excluding carboxylic acids is 1. The van der Waals surface area contributed by atoms with E-state index in [1.165, 1.54) is 0 Å². The molecule has 1 unspecified atom stereocenters. The van der Waals surface area contributed by atoms with Gasteiger partial charge in [0.15, 0.2) is 6.04 Å². The summed E-state index contributed by atoms with van der Waals surface area (Å²) in [5.74, 6) is -3.52. The van der Waals surface area contributed by atoms with Gasteiger partial charge in [-0.05, 0) is 25.7 Å². The molecule has 9 heteroatoms. The third kappa shape index (κ3) is 4.14.